The normalized spacial score (nSPS) is 9.54. The van der Waals surface area contributed by atoms with Crippen molar-refractivity contribution in [2.45, 2.75) is 11.3 Å². The lowest BCUT2D eigenvalue weighted by Gasteiger charge is -2.00. The zero-order valence-corrected chi connectivity index (χ0v) is 8.61. The second-order valence-electron chi connectivity index (χ2n) is 2.35. The van der Waals surface area contributed by atoms with Crippen molar-refractivity contribution in [3.63, 3.8) is 0 Å². The molecular weight excluding hydrogens is 204 g/mol. The van der Waals surface area contributed by atoms with Gasteiger partial charge in [-0.05, 0) is 24.3 Å². The van der Waals surface area contributed by atoms with Crippen molar-refractivity contribution in [1.29, 1.82) is 5.26 Å². The predicted molar refractivity (Wildman–Crippen MR) is 55.0 cm³/mol. The number of rotatable bonds is 4. The van der Waals surface area contributed by atoms with Crippen molar-refractivity contribution >= 4 is 23.4 Å². The standard InChI is InChI=1S/C9H9ClN2S/c10-4-2-6-13-9-3-1-5-12-8(9)7-11/h1,3,5H,2,4,6H2. The first kappa shape index (κ1) is 10.4. The molecule has 0 fully saturated rings. The molecule has 4 heteroatoms. The topological polar surface area (TPSA) is 36.7 Å². The summed E-state index contributed by atoms with van der Waals surface area (Å²) in [5, 5.41) is 8.72. The van der Waals surface area contributed by atoms with Gasteiger partial charge in [-0.15, -0.1) is 23.4 Å². The molecule has 0 radical (unpaired) electrons. The quantitative estimate of drug-likeness (QED) is 0.438. The Labute approximate surface area is 86.9 Å². The largest absolute Gasteiger partial charge is 0.244 e. The van der Waals surface area contributed by atoms with E-state index in [4.69, 9.17) is 16.9 Å². The van der Waals surface area contributed by atoms with Crippen LogP contribution in [-0.4, -0.2) is 16.6 Å². The summed E-state index contributed by atoms with van der Waals surface area (Å²) in [6, 6.07) is 5.80. The number of halogens is 1. The van der Waals surface area contributed by atoms with E-state index in [2.05, 4.69) is 11.1 Å². The van der Waals surface area contributed by atoms with Crippen LogP contribution in [0.25, 0.3) is 0 Å². The molecule has 1 rings (SSSR count). The van der Waals surface area contributed by atoms with Crippen LogP contribution in [0.15, 0.2) is 23.2 Å². The summed E-state index contributed by atoms with van der Waals surface area (Å²) >= 11 is 7.17. The highest BCUT2D eigenvalue weighted by Gasteiger charge is 2.01. The summed E-state index contributed by atoms with van der Waals surface area (Å²) in [5.41, 5.74) is 0.502. The second kappa shape index (κ2) is 5.85. The fraction of sp³-hybridized carbons (Fsp3) is 0.333. The lowest BCUT2D eigenvalue weighted by atomic mass is 10.4. The number of hydrogen-bond donors (Lipinski definition) is 0. The Morgan fingerprint density at radius 3 is 3.15 bits per heavy atom. The van der Waals surface area contributed by atoms with Crippen molar-refractivity contribution < 1.29 is 0 Å². The lowest BCUT2D eigenvalue weighted by Crippen LogP contribution is -1.87. The molecule has 1 aromatic heterocycles. The SMILES string of the molecule is N#Cc1ncccc1SCCCCl. The molecule has 2 nitrogen and oxygen atoms in total. The van der Waals surface area contributed by atoms with E-state index in [1.54, 1.807) is 18.0 Å². The molecule has 0 aliphatic heterocycles. The predicted octanol–water partition coefficient (Wildman–Crippen LogP) is 2.67. The van der Waals surface area contributed by atoms with E-state index in [-0.39, 0.29) is 0 Å². The first-order chi connectivity index (χ1) is 6.38. The first-order valence-electron chi connectivity index (χ1n) is 3.92. The Morgan fingerprint density at radius 2 is 2.46 bits per heavy atom. The van der Waals surface area contributed by atoms with Gasteiger partial charge >= 0.3 is 0 Å². The minimum absolute atomic E-state index is 0.502. The monoisotopic (exact) mass is 212 g/mol. The molecule has 0 atom stereocenters. The third kappa shape index (κ3) is 3.25. The molecule has 0 unspecified atom stereocenters. The molecule has 0 N–H and O–H groups in total. The number of aromatic nitrogens is 1. The van der Waals surface area contributed by atoms with Gasteiger partial charge in [0.2, 0.25) is 0 Å². The number of alkyl halides is 1. The van der Waals surface area contributed by atoms with Crippen LogP contribution < -0.4 is 0 Å². The van der Waals surface area contributed by atoms with E-state index < -0.39 is 0 Å². The van der Waals surface area contributed by atoms with Gasteiger partial charge in [-0.3, -0.25) is 0 Å². The fourth-order valence-corrected chi connectivity index (χ4v) is 2.04. The molecule has 0 saturated heterocycles. The van der Waals surface area contributed by atoms with Crippen molar-refractivity contribution in [1.82, 2.24) is 4.98 Å². The van der Waals surface area contributed by atoms with Gasteiger partial charge in [-0.2, -0.15) is 5.26 Å². The van der Waals surface area contributed by atoms with Crippen molar-refractivity contribution in [2.75, 3.05) is 11.6 Å². The first-order valence-corrected chi connectivity index (χ1v) is 5.44. The number of nitriles is 1. The molecular formula is C9H9ClN2S. The molecule has 0 aromatic carbocycles. The molecule has 0 bridgehead atoms. The van der Waals surface area contributed by atoms with Crippen LogP contribution >= 0.6 is 23.4 Å². The van der Waals surface area contributed by atoms with Gasteiger partial charge < -0.3 is 0 Å². The Balaban J connectivity index is 2.60. The van der Waals surface area contributed by atoms with E-state index in [9.17, 15) is 0 Å². The summed E-state index contributed by atoms with van der Waals surface area (Å²) in [6.45, 7) is 0. The molecule has 0 spiro atoms. The molecule has 0 aliphatic carbocycles. The van der Waals surface area contributed by atoms with Crippen LogP contribution in [0.3, 0.4) is 0 Å². The zero-order valence-electron chi connectivity index (χ0n) is 7.03. The van der Waals surface area contributed by atoms with Crippen molar-refractivity contribution in [3.05, 3.63) is 24.0 Å². The third-order valence-corrected chi connectivity index (χ3v) is 2.81. The number of nitrogens with zero attached hydrogens (tertiary/aromatic N) is 2. The van der Waals surface area contributed by atoms with Gasteiger partial charge in [0.15, 0.2) is 5.69 Å². The highest BCUT2D eigenvalue weighted by atomic mass is 35.5. The van der Waals surface area contributed by atoms with Crippen LogP contribution in [0.5, 0.6) is 0 Å². The lowest BCUT2D eigenvalue weighted by molar-refractivity contribution is 1.11. The van der Waals surface area contributed by atoms with Gasteiger partial charge in [0.25, 0.3) is 0 Å². The third-order valence-electron chi connectivity index (χ3n) is 1.41. The van der Waals surface area contributed by atoms with Crippen LogP contribution in [0.2, 0.25) is 0 Å². The zero-order chi connectivity index (χ0) is 9.52. The Kier molecular flexibility index (Phi) is 4.66. The Hall–Kier alpha value is -0.720. The molecule has 0 aliphatic rings. The van der Waals surface area contributed by atoms with Crippen molar-refractivity contribution in [2.24, 2.45) is 0 Å². The van der Waals surface area contributed by atoms with Gasteiger partial charge in [-0.25, -0.2) is 4.98 Å². The van der Waals surface area contributed by atoms with E-state index in [1.807, 2.05) is 12.1 Å². The minimum atomic E-state index is 0.502. The van der Waals surface area contributed by atoms with E-state index >= 15 is 0 Å². The van der Waals surface area contributed by atoms with Gasteiger partial charge in [-0.1, -0.05) is 0 Å². The molecule has 13 heavy (non-hydrogen) atoms. The molecule has 68 valence electrons. The highest BCUT2D eigenvalue weighted by Crippen LogP contribution is 2.20. The average molecular weight is 213 g/mol. The minimum Gasteiger partial charge on any atom is -0.244 e. The summed E-state index contributed by atoms with van der Waals surface area (Å²) in [6.07, 6.45) is 2.58. The summed E-state index contributed by atoms with van der Waals surface area (Å²) in [5.74, 6) is 1.60. The van der Waals surface area contributed by atoms with E-state index in [0.29, 0.717) is 11.6 Å². The highest BCUT2D eigenvalue weighted by molar-refractivity contribution is 7.99. The smallest absolute Gasteiger partial charge is 0.153 e. The molecule has 0 amide bonds. The van der Waals surface area contributed by atoms with Crippen LogP contribution in [0.4, 0.5) is 0 Å². The van der Waals surface area contributed by atoms with Crippen LogP contribution in [0, 0.1) is 11.3 Å². The Bertz CT molecular complexity index is 309. The Morgan fingerprint density at radius 1 is 1.62 bits per heavy atom. The van der Waals surface area contributed by atoms with E-state index in [0.717, 1.165) is 17.1 Å². The summed E-state index contributed by atoms with van der Waals surface area (Å²) < 4.78 is 0. The van der Waals surface area contributed by atoms with Crippen molar-refractivity contribution in [3.8, 4) is 6.07 Å². The van der Waals surface area contributed by atoms with Gasteiger partial charge in [0, 0.05) is 17.0 Å². The molecule has 1 heterocycles. The van der Waals surface area contributed by atoms with Gasteiger partial charge in [0.1, 0.15) is 6.07 Å². The maximum atomic E-state index is 8.72. The van der Waals surface area contributed by atoms with Crippen LogP contribution in [-0.2, 0) is 0 Å². The second-order valence-corrected chi connectivity index (χ2v) is 3.87. The average Bonchev–Trinajstić information content (AvgIpc) is 2.19. The van der Waals surface area contributed by atoms with E-state index in [1.165, 1.54) is 0 Å². The fourth-order valence-electron chi connectivity index (χ4n) is 0.828. The number of pyridine rings is 1. The maximum absolute atomic E-state index is 8.72. The van der Waals surface area contributed by atoms with Crippen LogP contribution in [0.1, 0.15) is 12.1 Å². The van der Waals surface area contributed by atoms with Gasteiger partial charge in [0.05, 0.1) is 0 Å². The number of hydrogen-bond acceptors (Lipinski definition) is 3. The summed E-state index contributed by atoms with van der Waals surface area (Å²) in [4.78, 5) is 4.90. The number of thioether (sulfide) groups is 1. The summed E-state index contributed by atoms with van der Waals surface area (Å²) in [7, 11) is 0. The molecule has 0 saturated carbocycles. The molecule has 1 aromatic rings. The maximum Gasteiger partial charge on any atom is 0.153 e.